The van der Waals surface area contributed by atoms with E-state index in [1.807, 2.05) is 19.9 Å². The number of carbonyl (C=O) groups is 1. The highest BCUT2D eigenvalue weighted by molar-refractivity contribution is 7.93. The summed E-state index contributed by atoms with van der Waals surface area (Å²) in [7, 11) is -3.59. The Morgan fingerprint density at radius 2 is 2.10 bits per heavy atom. The summed E-state index contributed by atoms with van der Waals surface area (Å²) in [4.78, 5) is 10.9. The number of aryl methyl sites for hydroxylation is 1. The summed E-state index contributed by atoms with van der Waals surface area (Å²) in [6.07, 6.45) is 0.0789. The van der Waals surface area contributed by atoms with Crippen LogP contribution < -0.4 is 10.0 Å². The lowest BCUT2D eigenvalue weighted by atomic mass is 10.1. The molecule has 0 saturated carbocycles. The predicted octanol–water partition coefficient (Wildman–Crippen LogP) is 0.860. The van der Waals surface area contributed by atoms with Crippen molar-refractivity contribution in [3.05, 3.63) is 29.3 Å². The molecule has 1 fully saturated rings. The zero-order valence-corrected chi connectivity index (χ0v) is 12.2. The first-order chi connectivity index (χ1) is 9.31. The lowest BCUT2D eigenvalue weighted by molar-refractivity contribution is -0.139. The molecule has 0 radical (unpaired) electrons. The molecule has 1 saturated heterocycles. The fourth-order valence-electron chi connectivity index (χ4n) is 2.23. The van der Waals surface area contributed by atoms with E-state index in [9.17, 15) is 13.2 Å². The van der Waals surface area contributed by atoms with Crippen LogP contribution in [0.4, 0.5) is 5.69 Å². The second-order valence-electron chi connectivity index (χ2n) is 5.05. The molecule has 7 heteroatoms. The van der Waals surface area contributed by atoms with Gasteiger partial charge in [0.15, 0.2) is 0 Å². The van der Waals surface area contributed by atoms with E-state index in [-0.39, 0.29) is 13.0 Å². The highest BCUT2D eigenvalue weighted by Gasteiger charge is 2.37. The van der Waals surface area contributed by atoms with Gasteiger partial charge >= 0.3 is 5.97 Å². The number of carboxylic acids is 1. The maximum Gasteiger partial charge on any atom is 0.320 e. The second kappa shape index (κ2) is 5.41. The number of benzene rings is 1. The molecule has 0 spiro atoms. The number of rotatable bonds is 4. The molecule has 1 aliphatic heterocycles. The van der Waals surface area contributed by atoms with Gasteiger partial charge in [-0.15, -0.1) is 0 Å². The van der Waals surface area contributed by atoms with Crippen molar-refractivity contribution in [2.45, 2.75) is 31.6 Å². The molecular formula is C13H18N2O4S. The van der Waals surface area contributed by atoms with Crippen molar-refractivity contribution < 1.29 is 18.3 Å². The van der Waals surface area contributed by atoms with Gasteiger partial charge in [0.2, 0.25) is 10.0 Å². The number of nitrogens with one attached hydrogen (secondary N) is 2. The molecule has 0 aliphatic carbocycles. The fraction of sp³-hybridized carbons (Fsp3) is 0.462. The lowest BCUT2D eigenvalue weighted by Gasteiger charge is -2.15. The minimum absolute atomic E-state index is 0.0789. The van der Waals surface area contributed by atoms with Crippen molar-refractivity contribution in [3.8, 4) is 0 Å². The zero-order valence-electron chi connectivity index (χ0n) is 11.4. The molecule has 1 heterocycles. The number of sulfonamides is 1. The third-order valence-corrected chi connectivity index (χ3v) is 5.43. The van der Waals surface area contributed by atoms with Crippen LogP contribution in [0.5, 0.6) is 0 Å². The second-order valence-corrected chi connectivity index (χ2v) is 7.01. The summed E-state index contributed by atoms with van der Waals surface area (Å²) in [6, 6.07) is 4.60. The van der Waals surface area contributed by atoms with Crippen LogP contribution in [-0.2, 0) is 14.8 Å². The van der Waals surface area contributed by atoms with Crippen LogP contribution in [0.3, 0.4) is 0 Å². The van der Waals surface area contributed by atoms with Gasteiger partial charge in [0.1, 0.15) is 6.04 Å². The summed E-state index contributed by atoms with van der Waals surface area (Å²) in [6.45, 7) is 3.90. The quantitative estimate of drug-likeness (QED) is 0.766. The van der Waals surface area contributed by atoms with Crippen molar-refractivity contribution in [2.24, 2.45) is 0 Å². The highest BCUT2D eigenvalue weighted by atomic mass is 32.2. The molecule has 6 nitrogen and oxygen atoms in total. The summed E-state index contributed by atoms with van der Waals surface area (Å²) >= 11 is 0. The van der Waals surface area contributed by atoms with Crippen LogP contribution >= 0.6 is 0 Å². The molecule has 1 aliphatic rings. The Kier molecular flexibility index (Phi) is 4.01. The van der Waals surface area contributed by atoms with E-state index in [0.29, 0.717) is 5.69 Å². The van der Waals surface area contributed by atoms with Crippen molar-refractivity contribution in [3.63, 3.8) is 0 Å². The first-order valence-corrected chi connectivity index (χ1v) is 7.90. The molecule has 2 rings (SSSR count). The smallest absolute Gasteiger partial charge is 0.320 e. The first-order valence-electron chi connectivity index (χ1n) is 6.35. The van der Waals surface area contributed by atoms with Crippen LogP contribution in [0.25, 0.3) is 0 Å². The number of hydrogen-bond acceptors (Lipinski definition) is 4. The van der Waals surface area contributed by atoms with Crippen LogP contribution in [0.2, 0.25) is 0 Å². The SMILES string of the molecule is Cc1cccc(NS(=O)(=O)C2CNC(C(=O)O)C2)c1C. The monoisotopic (exact) mass is 298 g/mol. The minimum atomic E-state index is -3.59. The molecule has 20 heavy (non-hydrogen) atoms. The lowest BCUT2D eigenvalue weighted by Crippen LogP contribution is -2.30. The fourth-order valence-corrected chi connectivity index (χ4v) is 3.68. The van der Waals surface area contributed by atoms with Gasteiger partial charge in [0.25, 0.3) is 0 Å². The van der Waals surface area contributed by atoms with Gasteiger partial charge in [0.05, 0.1) is 10.9 Å². The Balaban J connectivity index is 2.16. The van der Waals surface area contributed by atoms with Crippen LogP contribution in [0, 0.1) is 13.8 Å². The van der Waals surface area contributed by atoms with E-state index in [1.165, 1.54) is 0 Å². The maximum atomic E-state index is 12.3. The van der Waals surface area contributed by atoms with Gasteiger partial charge in [0, 0.05) is 6.54 Å². The third-order valence-electron chi connectivity index (χ3n) is 3.68. The standard InChI is InChI=1S/C13H18N2O4S/c1-8-4-3-5-11(9(8)2)15-20(18,19)10-6-12(13(16)17)14-7-10/h3-5,10,12,14-15H,6-7H2,1-2H3,(H,16,17). The van der Waals surface area contributed by atoms with Crippen molar-refractivity contribution in [2.75, 3.05) is 11.3 Å². The Morgan fingerprint density at radius 3 is 2.70 bits per heavy atom. The molecule has 0 amide bonds. The molecule has 2 unspecified atom stereocenters. The molecule has 1 aromatic carbocycles. The first kappa shape index (κ1) is 14.8. The van der Waals surface area contributed by atoms with E-state index in [0.717, 1.165) is 11.1 Å². The summed E-state index contributed by atoms with van der Waals surface area (Å²) < 4.78 is 27.1. The predicted molar refractivity (Wildman–Crippen MR) is 76.3 cm³/mol. The Labute approximate surface area is 118 Å². The molecule has 2 atom stereocenters. The van der Waals surface area contributed by atoms with Gasteiger partial charge < -0.3 is 10.4 Å². The van der Waals surface area contributed by atoms with Crippen LogP contribution in [0.1, 0.15) is 17.5 Å². The largest absolute Gasteiger partial charge is 0.480 e. The van der Waals surface area contributed by atoms with Gasteiger partial charge in [-0.1, -0.05) is 12.1 Å². The number of hydrogen-bond donors (Lipinski definition) is 3. The van der Waals surface area contributed by atoms with E-state index >= 15 is 0 Å². The summed E-state index contributed by atoms with van der Waals surface area (Å²) in [5.41, 5.74) is 2.42. The molecule has 0 bridgehead atoms. The Hall–Kier alpha value is -1.60. The number of aliphatic carboxylic acids is 1. The van der Waals surface area contributed by atoms with Gasteiger partial charge in [-0.3, -0.25) is 9.52 Å². The number of carboxylic acid groups (broad SMARTS) is 1. The van der Waals surface area contributed by atoms with Crippen molar-refractivity contribution in [1.29, 1.82) is 0 Å². The van der Waals surface area contributed by atoms with Crippen molar-refractivity contribution >= 4 is 21.7 Å². The topological polar surface area (TPSA) is 95.5 Å². The molecular weight excluding hydrogens is 280 g/mol. The molecule has 0 aromatic heterocycles. The average molecular weight is 298 g/mol. The number of anilines is 1. The molecule has 110 valence electrons. The Bertz CT molecular complexity index is 627. The zero-order chi connectivity index (χ0) is 14.9. The minimum Gasteiger partial charge on any atom is -0.480 e. The van der Waals surface area contributed by atoms with E-state index in [4.69, 9.17) is 5.11 Å². The van der Waals surface area contributed by atoms with E-state index in [1.54, 1.807) is 12.1 Å². The van der Waals surface area contributed by atoms with Gasteiger partial charge in [-0.25, -0.2) is 8.42 Å². The molecule has 3 N–H and O–H groups in total. The van der Waals surface area contributed by atoms with Gasteiger partial charge in [-0.2, -0.15) is 0 Å². The maximum absolute atomic E-state index is 12.3. The average Bonchev–Trinajstić information content (AvgIpc) is 2.85. The van der Waals surface area contributed by atoms with Crippen molar-refractivity contribution in [1.82, 2.24) is 5.32 Å². The summed E-state index contributed by atoms with van der Waals surface area (Å²) in [5, 5.41) is 10.9. The summed E-state index contributed by atoms with van der Waals surface area (Å²) in [5.74, 6) is -1.02. The van der Waals surface area contributed by atoms with Crippen LogP contribution in [-0.4, -0.2) is 37.3 Å². The van der Waals surface area contributed by atoms with E-state index in [2.05, 4.69) is 10.0 Å². The van der Waals surface area contributed by atoms with E-state index < -0.39 is 27.3 Å². The third kappa shape index (κ3) is 2.94. The normalized spacial score (nSPS) is 22.7. The van der Waals surface area contributed by atoms with Crippen LogP contribution in [0.15, 0.2) is 18.2 Å². The highest BCUT2D eigenvalue weighted by Crippen LogP contribution is 2.23. The Morgan fingerprint density at radius 1 is 1.40 bits per heavy atom. The molecule has 1 aromatic rings. The van der Waals surface area contributed by atoms with Gasteiger partial charge in [-0.05, 0) is 37.5 Å².